The molecule has 3 heteroatoms. The summed E-state index contributed by atoms with van der Waals surface area (Å²) < 4.78 is 14.6. The molecule has 1 nitrogen and oxygen atoms in total. The summed E-state index contributed by atoms with van der Waals surface area (Å²) >= 11 is 3.38. The summed E-state index contributed by atoms with van der Waals surface area (Å²) in [6.07, 6.45) is 4.04. The van der Waals surface area contributed by atoms with Crippen molar-refractivity contribution < 1.29 is 4.39 Å². The molecule has 0 aliphatic heterocycles. The second-order valence-electron chi connectivity index (χ2n) is 4.28. The highest BCUT2D eigenvalue weighted by molar-refractivity contribution is 9.10. The maximum Gasteiger partial charge on any atom is 0.126 e. The van der Waals surface area contributed by atoms with Crippen LogP contribution < -0.4 is 5.73 Å². The third-order valence-corrected chi connectivity index (χ3v) is 3.66. The predicted molar refractivity (Wildman–Crippen MR) is 63.3 cm³/mol. The van der Waals surface area contributed by atoms with Gasteiger partial charge in [0, 0.05) is 10.5 Å². The second-order valence-corrected chi connectivity index (χ2v) is 5.19. The van der Waals surface area contributed by atoms with Crippen LogP contribution in [0, 0.1) is 5.82 Å². The Kier molecular flexibility index (Phi) is 3.42. The van der Waals surface area contributed by atoms with Gasteiger partial charge < -0.3 is 5.73 Å². The molecule has 1 aliphatic rings. The fourth-order valence-electron chi connectivity index (χ4n) is 2.26. The monoisotopic (exact) mass is 271 g/mol. The fraction of sp³-hybridized carbons (Fsp3) is 0.500. The number of hydrogen-bond donors (Lipinski definition) is 1. The van der Waals surface area contributed by atoms with Gasteiger partial charge in [-0.25, -0.2) is 4.39 Å². The minimum atomic E-state index is -0.0846. The molecule has 0 bridgehead atoms. The van der Waals surface area contributed by atoms with Crippen molar-refractivity contribution in [3.8, 4) is 0 Å². The molecule has 0 spiro atoms. The summed E-state index contributed by atoms with van der Waals surface area (Å²) in [4.78, 5) is 0. The largest absolute Gasteiger partial charge is 0.328 e. The molecule has 1 fully saturated rings. The molecule has 82 valence electrons. The Morgan fingerprint density at radius 1 is 1.20 bits per heavy atom. The van der Waals surface area contributed by atoms with E-state index in [-0.39, 0.29) is 5.82 Å². The Morgan fingerprint density at radius 3 is 2.53 bits per heavy atom. The lowest BCUT2D eigenvalue weighted by Gasteiger charge is -2.26. The lowest BCUT2D eigenvalue weighted by atomic mass is 9.82. The number of benzene rings is 1. The molecule has 0 unspecified atom stereocenters. The van der Waals surface area contributed by atoms with Gasteiger partial charge >= 0.3 is 0 Å². The van der Waals surface area contributed by atoms with Crippen LogP contribution in [0.25, 0.3) is 0 Å². The summed E-state index contributed by atoms with van der Waals surface area (Å²) in [6.45, 7) is 0. The van der Waals surface area contributed by atoms with Crippen LogP contribution in [0.5, 0.6) is 0 Å². The fourth-order valence-corrected chi connectivity index (χ4v) is 2.64. The molecule has 2 rings (SSSR count). The number of nitrogens with two attached hydrogens (primary N) is 1. The van der Waals surface area contributed by atoms with E-state index in [0.717, 1.165) is 35.7 Å². The van der Waals surface area contributed by atoms with Gasteiger partial charge in [0.1, 0.15) is 5.82 Å². The van der Waals surface area contributed by atoms with Crippen LogP contribution in [-0.4, -0.2) is 6.04 Å². The van der Waals surface area contributed by atoms with Crippen LogP contribution in [0.3, 0.4) is 0 Å². The van der Waals surface area contributed by atoms with Gasteiger partial charge in [-0.2, -0.15) is 0 Å². The maximum atomic E-state index is 13.6. The lowest BCUT2D eigenvalue weighted by Crippen LogP contribution is -2.26. The lowest BCUT2D eigenvalue weighted by molar-refractivity contribution is 0.387. The smallest absolute Gasteiger partial charge is 0.126 e. The average molecular weight is 272 g/mol. The van der Waals surface area contributed by atoms with Gasteiger partial charge in [-0.05, 0) is 55.4 Å². The van der Waals surface area contributed by atoms with Gasteiger partial charge in [-0.1, -0.05) is 15.9 Å². The summed E-state index contributed by atoms with van der Waals surface area (Å²) in [7, 11) is 0. The summed E-state index contributed by atoms with van der Waals surface area (Å²) in [6, 6.07) is 5.49. The zero-order chi connectivity index (χ0) is 10.8. The van der Waals surface area contributed by atoms with E-state index in [1.807, 2.05) is 6.07 Å². The minimum Gasteiger partial charge on any atom is -0.328 e. The summed E-state index contributed by atoms with van der Waals surface area (Å²) in [5.74, 6) is 0.265. The Balaban J connectivity index is 2.18. The molecule has 15 heavy (non-hydrogen) atoms. The minimum absolute atomic E-state index is 0.0846. The summed E-state index contributed by atoms with van der Waals surface area (Å²) in [5.41, 5.74) is 6.68. The van der Waals surface area contributed by atoms with Crippen molar-refractivity contribution in [1.82, 2.24) is 0 Å². The van der Waals surface area contributed by atoms with Crippen molar-refractivity contribution >= 4 is 15.9 Å². The van der Waals surface area contributed by atoms with E-state index in [0.29, 0.717) is 12.0 Å². The molecular formula is C12H15BrFN. The van der Waals surface area contributed by atoms with E-state index >= 15 is 0 Å². The first-order valence-corrected chi connectivity index (χ1v) is 6.16. The molecule has 0 heterocycles. The molecular weight excluding hydrogens is 257 g/mol. The highest BCUT2D eigenvalue weighted by Gasteiger charge is 2.22. The first kappa shape index (κ1) is 11.1. The number of hydrogen-bond acceptors (Lipinski definition) is 1. The molecule has 1 aromatic rings. The average Bonchev–Trinajstić information content (AvgIpc) is 2.23. The van der Waals surface area contributed by atoms with Gasteiger partial charge in [0.25, 0.3) is 0 Å². The zero-order valence-electron chi connectivity index (χ0n) is 8.55. The SMILES string of the molecule is NC1CCC(c2cc(Br)ccc2F)CC1. The van der Waals surface area contributed by atoms with Gasteiger partial charge in [-0.15, -0.1) is 0 Å². The standard InChI is InChI=1S/C12H15BrFN/c13-9-3-6-12(14)11(7-9)8-1-4-10(15)5-2-8/h3,6-8,10H,1-2,4-5,15H2. The molecule has 0 atom stereocenters. The normalized spacial score (nSPS) is 26.6. The molecule has 0 saturated heterocycles. The highest BCUT2D eigenvalue weighted by atomic mass is 79.9. The molecule has 0 radical (unpaired) electrons. The van der Waals surface area contributed by atoms with Crippen LogP contribution in [0.1, 0.15) is 37.2 Å². The quantitative estimate of drug-likeness (QED) is 0.831. The van der Waals surface area contributed by atoms with E-state index in [1.54, 1.807) is 6.07 Å². The Bertz CT molecular complexity index is 345. The third kappa shape index (κ3) is 2.58. The van der Waals surface area contributed by atoms with Gasteiger partial charge in [0.2, 0.25) is 0 Å². The summed E-state index contributed by atoms with van der Waals surface area (Å²) in [5, 5.41) is 0. The molecule has 1 aliphatic carbocycles. The molecule has 0 amide bonds. The van der Waals surface area contributed by atoms with Crippen LogP contribution in [-0.2, 0) is 0 Å². The van der Waals surface area contributed by atoms with Crippen LogP contribution >= 0.6 is 15.9 Å². The van der Waals surface area contributed by atoms with Gasteiger partial charge in [0.15, 0.2) is 0 Å². The van der Waals surface area contributed by atoms with Crippen molar-refractivity contribution in [3.05, 3.63) is 34.1 Å². The topological polar surface area (TPSA) is 26.0 Å². The van der Waals surface area contributed by atoms with E-state index in [9.17, 15) is 4.39 Å². The molecule has 0 aromatic heterocycles. The zero-order valence-corrected chi connectivity index (χ0v) is 10.1. The molecule has 1 aromatic carbocycles. The van der Waals surface area contributed by atoms with Crippen molar-refractivity contribution in [3.63, 3.8) is 0 Å². The van der Waals surface area contributed by atoms with E-state index in [2.05, 4.69) is 15.9 Å². The maximum absolute atomic E-state index is 13.6. The van der Waals surface area contributed by atoms with E-state index in [1.165, 1.54) is 6.07 Å². The molecule has 1 saturated carbocycles. The third-order valence-electron chi connectivity index (χ3n) is 3.17. The first-order valence-electron chi connectivity index (χ1n) is 5.37. The van der Waals surface area contributed by atoms with Crippen molar-refractivity contribution in [2.45, 2.75) is 37.6 Å². The van der Waals surface area contributed by atoms with Crippen LogP contribution in [0.4, 0.5) is 4.39 Å². The number of rotatable bonds is 1. The highest BCUT2D eigenvalue weighted by Crippen LogP contribution is 2.34. The van der Waals surface area contributed by atoms with Gasteiger partial charge in [0.05, 0.1) is 0 Å². The van der Waals surface area contributed by atoms with Crippen molar-refractivity contribution in [1.29, 1.82) is 0 Å². The Labute approximate surface area is 98.0 Å². The van der Waals surface area contributed by atoms with E-state index < -0.39 is 0 Å². The van der Waals surface area contributed by atoms with Crippen molar-refractivity contribution in [2.75, 3.05) is 0 Å². The van der Waals surface area contributed by atoms with Crippen LogP contribution in [0.2, 0.25) is 0 Å². The Hall–Kier alpha value is -0.410. The van der Waals surface area contributed by atoms with Gasteiger partial charge in [-0.3, -0.25) is 0 Å². The Morgan fingerprint density at radius 2 is 1.87 bits per heavy atom. The predicted octanol–water partition coefficient (Wildman–Crippen LogP) is 3.57. The second kappa shape index (κ2) is 4.62. The van der Waals surface area contributed by atoms with Crippen LogP contribution in [0.15, 0.2) is 22.7 Å². The first-order chi connectivity index (χ1) is 7.16. The molecule has 2 N–H and O–H groups in total. The number of halogens is 2. The van der Waals surface area contributed by atoms with Crippen molar-refractivity contribution in [2.24, 2.45) is 5.73 Å². The van der Waals surface area contributed by atoms with E-state index in [4.69, 9.17) is 5.73 Å².